The van der Waals surface area contributed by atoms with E-state index >= 15 is 0 Å². The molecule has 1 aliphatic rings. The van der Waals surface area contributed by atoms with E-state index < -0.39 is 9.84 Å². The van der Waals surface area contributed by atoms with Crippen LogP contribution in [-0.2, 0) is 9.84 Å². The van der Waals surface area contributed by atoms with E-state index in [4.69, 9.17) is 5.73 Å². The molecule has 1 aromatic heterocycles. The molecule has 0 saturated carbocycles. The molecule has 0 aromatic carbocycles. The molecule has 0 atom stereocenters. The van der Waals surface area contributed by atoms with Gasteiger partial charge in [0.2, 0.25) is 0 Å². The summed E-state index contributed by atoms with van der Waals surface area (Å²) in [6.45, 7) is 0.919. The lowest BCUT2D eigenvalue weighted by atomic mass is 10.3. The number of aromatic nitrogens is 1. The molecule has 0 spiro atoms. The zero-order valence-electron chi connectivity index (χ0n) is 8.56. The van der Waals surface area contributed by atoms with Crippen molar-refractivity contribution in [1.29, 1.82) is 0 Å². The number of halogens is 1. The Morgan fingerprint density at radius 3 is 2.56 bits per heavy atom. The molecule has 1 saturated heterocycles. The SMILES string of the molecule is Nc1cc(Br)cnc1N1CCS(=O)(=O)CC1. The summed E-state index contributed by atoms with van der Waals surface area (Å²) in [5, 5.41) is 0. The van der Waals surface area contributed by atoms with Crippen LogP contribution in [0.5, 0.6) is 0 Å². The fraction of sp³-hybridized carbons (Fsp3) is 0.444. The van der Waals surface area contributed by atoms with Gasteiger partial charge in [0.15, 0.2) is 15.7 Å². The zero-order valence-corrected chi connectivity index (χ0v) is 11.0. The standard InChI is InChI=1S/C9H12BrN3O2S/c10-7-5-8(11)9(12-6-7)13-1-3-16(14,15)4-2-13/h5-6H,1-4,11H2. The molecule has 1 aromatic rings. The lowest BCUT2D eigenvalue weighted by Crippen LogP contribution is -2.41. The summed E-state index contributed by atoms with van der Waals surface area (Å²) in [6, 6.07) is 1.77. The number of sulfone groups is 1. The smallest absolute Gasteiger partial charge is 0.153 e. The van der Waals surface area contributed by atoms with E-state index in [1.54, 1.807) is 12.3 Å². The Morgan fingerprint density at radius 1 is 1.38 bits per heavy atom. The van der Waals surface area contributed by atoms with Gasteiger partial charge in [-0.05, 0) is 22.0 Å². The molecule has 5 nitrogen and oxygen atoms in total. The quantitative estimate of drug-likeness (QED) is 0.825. The third kappa shape index (κ3) is 2.46. The van der Waals surface area contributed by atoms with Gasteiger partial charge in [0.1, 0.15) is 0 Å². The molecule has 0 unspecified atom stereocenters. The van der Waals surface area contributed by atoms with Crippen LogP contribution >= 0.6 is 15.9 Å². The number of hydrogen-bond donors (Lipinski definition) is 1. The van der Waals surface area contributed by atoms with Gasteiger partial charge in [-0.25, -0.2) is 13.4 Å². The molecule has 0 aliphatic carbocycles. The van der Waals surface area contributed by atoms with Gasteiger partial charge < -0.3 is 10.6 Å². The molecule has 7 heteroatoms. The molecule has 2 rings (SSSR count). The Bertz CT molecular complexity index is 489. The van der Waals surface area contributed by atoms with E-state index in [1.165, 1.54) is 0 Å². The van der Waals surface area contributed by atoms with E-state index in [9.17, 15) is 8.42 Å². The number of hydrogen-bond acceptors (Lipinski definition) is 5. The van der Waals surface area contributed by atoms with Crippen LogP contribution in [0.2, 0.25) is 0 Å². The number of rotatable bonds is 1. The van der Waals surface area contributed by atoms with Crippen molar-refractivity contribution in [3.05, 3.63) is 16.7 Å². The van der Waals surface area contributed by atoms with Crippen molar-refractivity contribution in [2.24, 2.45) is 0 Å². The van der Waals surface area contributed by atoms with Crippen LogP contribution in [0.1, 0.15) is 0 Å². The average Bonchev–Trinajstić information content (AvgIpc) is 2.19. The molecule has 0 radical (unpaired) electrons. The minimum absolute atomic E-state index is 0.171. The Hall–Kier alpha value is -0.820. The molecule has 1 aliphatic heterocycles. The van der Waals surface area contributed by atoms with Gasteiger partial charge in [0, 0.05) is 23.8 Å². The van der Waals surface area contributed by atoms with E-state index in [1.807, 2.05) is 4.90 Å². The second-order valence-corrected chi connectivity index (χ2v) is 6.92. The number of pyridine rings is 1. The van der Waals surface area contributed by atoms with E-state index in [-0.39, 0.29) is 11.5 Å². The van der Waals surface area contributed by atoms with Crippen LogP contribution in [0.3, 0.4) is 0 Å². The highest BCUT2D eigenvalue weighted by atomic mass is 79.9. The fourth-order valence-electron chi connectivity index (χ4n) is 1.64. The first-order chi connectivity index (χ1) is 7.48. The third-order valence-electron chi connectivity index (χ3n) is 2.51. The lowest BCUT2D eigenvalue weighted by molar-refractivity contribution is 0.586. The highest BCUT2D eigenvalue weighted by Crippen LogP contribution is 2.24. The molecule has 0 amide bonds. The second-order valence-electron chi connectivity index (χ2n) is 3.71. The predicted octanol–water partition coefficient (Wildman–Crippen LogP) is 0.661. The monoisotopic (exact) mass is 305 g/mol. The Kier molecular flexibility index (Phi) is 3.07. The summed E-state index contributed by atoms with van der Waals surface area (Å²) < 4.78 is 23.4. The minimum Gasteiger partial charge on any atom is -0.396 e. The lowest BCUT2D eigenvalue weighted by Gasteiger charge is -2.28. The third-order valence-corrected chi connectivity index (χ3v) is 4.55. The first kappa shape index (κ1) is 11.7. The summed E-state index contributed by atoms with van der Waals surface area (Å²) in [5.41, 5.74) is 6.40. The van der Waals surface area contributed by atoms with Crippen molar-refractivity contribution in [3.8, 4) is 0 Å². The van der Waals surface area contributed by atoms with Gasteiger partial charge in [-0.15, -0.1) is 0 Å². The molecule has 16 heavy (non-hydrogen) atoms. The second kappa shape index (κ2) is 4.21. The number of nitrogens with two attached hydrogens (primary N) is 1. The maximum atomic E-state index is 11.3. The van der Waals surface area contributed by atoms with Crippen LogP contribution in [0, 0.1) is 0 Å². The summed E-state index contributed by atoms with van der Waals surface area (Å²) >= 11 is 3.28. The van der Waals surface area contributed by atoms with Gasteiger partial charge >= 0.3 is 0 Å². The summed E-state index contributed by atoms with van der Waals surface area (Å²) in [6.07, 6.45) is 1.66. The van der Waals surface area contributed by atoms with Crippen molar-refractivity contribution in [2.45, 2.75) is 0 Å². The highest BCUT2D eigenvalue weighted by Gasteiger charge is 2.23. The van der Waals surface area contributed by atoms with Gasteiger partial charge in [-0.2, -0.15) is 0 Å². The molecule has 2 heterocycles. The van der Waals surface area contributed by atoms with Crippen LogP contribution in [0.25, 0.3) is 0 Å². The van der Waals surface area contributed by atoms with Crippen molar-refractivity contribution >= 4 is 37.3 Å². The number of nitrogen functional groups attached to an aromatic ring is 1. The molecular formula is C9H12BrN3O2S. The largest absolute Gasteiger partial charge is 0.396 e. The Balaban J connectivity index is 2.20. The fourth-order valence-corrected chi connectivity index (χ4v) is 3.19. The maximum absolute atomic E-state index is 11.3. The average molecular weight is 306 g/mol. The van der Waals surface area contributed by atoms with Crippen molar-refractivity contribution in [3.63, 3.8) is 0 Å². The summed E-state index contributed by atoms with van der Waals surface area (Å²) in [4.78, 5) is 6.11. The van der Waals surface area contributed by atoms with E-state index in [0.717, 1.165) is 4.47 Å². The first-order valence-corrected chi connectivity index (χ1v) is 7.46. The van der Waals surface area contributed by atoms with Crippen molar-refractivity contribution in [1.82, 2.24) is 4.98 Å². The van der Waals surface area contributed by atoms with Crippen LogP contribution in [-0.4, -0.2) is 38.0 Å². The molecule has 88 valence electrons. The molecule has 2 N–H and O–H groups in total. The molecule has 1 fully saturated rings. The van der Waals surface area contributed by atoms with Gasteiger partial charge in [0.05, 0.1) is 17.2 Å². The van der Waals surface area contributed by atoms with Crippen LogP contribution < -0.4 is 10.6 Å². The predicted molar refractivity (Wildman–Crippen MR) is 67.2 cm³/mol. The van der Waals surface area contributed by atoms with Crippen LogP contribution in [0.4, 0.5) is 11.5 Å². The van der Waals surface area contributed by atoms with E-state index in [0.29, 0.717) is 24.6 Å². The maximum Gasteiger partial charge on any atom is 0.153 e. The van der Waals surface area contributed by atoms with Crippen molar-refractivity contribution < 1.29 is 8.42 Å². The van der Waals surface area contributed by atoms with Crippen LogP contribution in [0.15, 0.2) is 16.7 Å². The Labute approximate surface area is 103 Å². The topological polar surface area (TPSA) is 76.3 Å². The number of nitrogens with zero attached hydrogens (tertiary/aromatic N) is 2. The zero-order chi connectivity index (χ0) is 11.8. The van der Waals surface area contributed by atoms with Gasteiger partial charge in [-0.3, -0.25) is 0 Å². The first-order valence-electron chi connectivity index (χ1n) is 4.84. The van der Waals surface area contributed by atoms with E-state index in [2.05, 4.69) is 20.9 Å². The summed E-state index contributed by atoms with van der Waals surface area (Å²) in [7, 11) is -2.86. The molecule has 0 bridgehead atoms. The number of anilines is 2. The Morgan fingerprint density at radius 2 is 2.00 bits per heavy atom. The summed E-state index contributed by atoms with van der Waals surface area (Å²) in [5.74, 6) is 1.01. The van der Waals surface area contributed by atoms with Gasteiger partial charge in [0.25, 0.3) is 0 Å². The highest BCUT2D eigenvalue weighted by molar-refractivity contribution is 9.10. The normalized spacial score (nSPS) is 19.7. The van der Waals surface area contributed by atoms with Crippen molar-refractivity contribution in [2.75, 3.05) is 35.2 Å². The minimum atomic E-state index is -2.86. The van der Waals surface area contributed by atoms with Gasteiger partial charge in [-0.1, -0.05) is 0 Å². The molecular weight excluding hydrogens is 294 g/mol.